The Morgan fingerprint density at radius 1 is 1.17 bits per heavy atom. The predicted octanol–water partition coefficient (Wildman–Crippen LogP) is 2.76. The van der Waals surface area contributed by atoms with Crippen LogP contribution in [0.5, 0.6) is 5.75 Å². The first-order valence-electron chi connectivity index (χ1n) is 7.05. The Morgan fingerprint density at radius 2 is 1.92 bits per heavy atom. The highest BCUT2D eigenvalue weighted by molar-refractivity contribution is 5.90. The van der Waals surface area contributed by atoms with Gasteiger partial charge in [0.15, 0.2) is 0 Å². The molecule has 2 rings (SSSR count). The molecule has 6 nitrogen and oxygen atoms in total. The van der Waals surface area contributed by atoms with Crippen LogP contribution < -0.4 is 15.4 Å². The van der Waals surface area contributed by atoms with Gasteiger partial charge in [-0.2, -0.15) is 0 Å². The van der Waals surface area contributed by atoms with Crippen LogP contribution in [0.3, 0.4) is 0 Å². The number of benzene rings is 2. The van der Waals surface area contributed by atoms with E-state index < -0.39 is 12.0 Å². The number of nitrogens with one attached hydrogen (secondary N) is 2. The summed E-state index contributed by atoms with van der Waals surface area (Å²) < 4.78 is 10.3. The van der Waals surface area contributed by atoms with E-state index in [1.807, 2.05) is 12.1 Å². The monoisotopic (exact) mass is 324 g/mol. The fraction of sp³-hybridized carbons (Fsp3) is 0.111. The molecule has 0 unspecified atom stereocenters. The summed E-state index contributed by atoms with van der Waals surface area (Å²) in [5, 5.41) is 4.81. The third-order valence-electron chi connectivity index (χ3n) is 3.05. The molecule has 0 saturated carbocycles. The zero-order valence-electron chi connectivity index (χ0n) is 13.0. The van der Waals surface area contributed by atoms with Crippen molar-refractivity contribution in [3.05, 3.63) is 59.7 Å². The van der Waals surface area contributed by atoms with Gasteiger partial charge in [0, 0.05) is 11.7 Å². The average Bonchev–Trinajstić information content (AvgIpc) is 2.60. The van der Waals surface area contributed by atoms with Crippen LogP contribution in [-0.4, -0.2) is 19.1 Å². The van der Waals surface area contributed by atoms with Gasteiger partial charge in [-0.25, -0.2) is 9.59 Å². The number of carbonyl (C=O) groups excluding carboxylic acids is 2. The molecule has 0 spiro atoms. The molecule has 24 heavy (non-hydrogen) atoms. The number of ether oxygens (including phenoxy) is 2. The van der Waals surface area contributed by atoms with E-state index in [4.69, 9.17) is 11.2 Å². The Labute approximate surface area is 139 Å². The summed E-state index contributed by atoms with van der Waals surface area (Å²) in [5.74, 6) is 0.219. The number of terminal acetylenes is 1. The van der Waals surface area contributed by atoms with E-state index in [2.05, 4.69) is 15.4 Å². The lowest BCUT2D eigenvalue weighted by Crippen LogP contribution is -2.24. The van der Waals surface area contributed by atoms with Crippen LogP contribution in [-0.2, 0) is 11.3 Å². The summed E-state index contributed by atoms with van der Waals surface area (Å²) in [6.07, 6.45) is 4.99. The van der Waals surface area contributed by atoms with Gasteiger partial charge in [-0.1, -0.05) is 18.6 Å². The zero-order chi connectivity index (χ0) is 17.4. The molecule has 6 heteroatoms. The number of anilines is 1. The molecule has 2 aromatic rings. The first kappa shape index (κ1) is 16.9. The third-order valence-corrected chi connectivity index (χ3v) is 3.05. The van der Waals surface area contributed by atoms with Gasteiger partial charge in [-0.3, -0.25) is 5.32 Å². The lowest BCUT2D eigenvalue weighted by Gasteiger charge is -2.09. The minimum atomic E-state index is -0.478. The maximum Gasteiger partial charge on any atom is 0.337 e. The van der Waals surface area contributed by atoms with E-state index in [1.54, 1.807) is 42.5 Å². The second-order valence-electron chi connectivity index (χ2n) is 4.73. The molecular formula is C18H16N2O4. The molecule has 0 radical (unpaired) electrons. The Hall–Kier alpha value is -3.46. The Bertz CT molecular complexity index is 763. The molecule has 2 aromatic carbocycles. The summed E-state index contributed by atoms with van der Waals surface area (Å²) in [5.41, 5.74) is 1.92. The van der Waals surface area contributed by atoms with Crippen molar-refractivity contribution < 1.29 is 19.1 Å². The fourth-order valence-electron chi connectivity index (χ4n) is 1.94. The molecule has 2 amide bonds. The molecule has 0 aliphatic rings. The molecule has 0 heterocycles. The summed E-state index contributed by atoms with van der Waals surface area (Å²) in [6, 6.07) is 15.4. The van der Waals surface area contributed by atoms with Gasteiger partial charge in [0.05, 0.1) is 12.7 Å². The molecule has 0 aromatic heterocycles. The second kappa shape index (κ2) is 8.25. The standard InChI is InChI=1S/C18H16N2O4/c1-3-19-18(22)20-15-6-4-5-13(11-15)12-24-16-9-7-14(8-10-16)17(21)23-2/h1,4-11H,12H2,2H3,(H2,19,20,22). The molecule has 0 atom stereocenters. The van der Waals surface area contributed by atoms with Gasteiger partial charge >= 0.3 is 12.0 Å². The third kappa shape index (κ3) is 4.78. The number of urea groups is 1. The van der Waals surface area contributed by atoms with Crippen LogP contribution >= 0.6 is 0 Å². The number of hydrogen-bond donors (Lipinski definition) is 2. The van der Waals surface area contributed by atoms with Crippen molar-refractivity contribution in [1.29, 1.82) is 0 Å². The second-order valence-corrected chi connectivity index (χ2v) is 4.73. The predicted molar refractivity (Wildman–Crippen MR) is 89.5 cm³/mol. The Kier molecular flexibility index (Phi) is 5.81. The van der Waals surface area contributed by atoms with Gasteiger partial charge in [0.1, 0.15) is 12.4 Å². The van der Waals surface area contributed by atoms with E-state index in [0.29, 0.717) is 23.6 Å². The maximum atomic E-state index is 11.4. The smallest absolute Gasteiger partial charge is 0.337 e. The van der Waals surface area contributed by atoms with E-state index in [1.165, 1.54) is 7.11 Å². The number of carbonyl (C=O) groups is 2. The van der Waals surface area contributed by atoms with Crippen molar-refractivity contribution in [3.8, 4) is 18.2 Å². The number of amides is 2. The highest BCUT2D eigenvalue weighted by atomic mass is 16.5. The molecule has 0 bridgehead atoms. The van der Waals surface area contributed by atoms with Gasteiger partial charge < -0.3 is 14.8 Å². The largest absolute Gasteiger partial charge is 0.489 e. The summed E-state index contributed by atoms with van der Waals surface area (Å²) in [4.78, 5) is 22.7. The van der Waals surface area contributed by atoms with Gasteiger partial charge in [0.25, 0.3) is 0 Å². The molecule has 0 fully saturated rings. The van der Waals surface area contributed by atoms with Crippen LogP contribution in [0.15, 0.2) is 48.5 Å². The molecule has 0 saturated heterocycles. The number of methoxy groups -OCH3 is 1. The van der Waals surface area contributed by atoms with Crippen LogP contribution in [0.4, 0.5) is 10.5 Å². The van der Waals surface area contributed by atoms with Crippen molar-refractivity contribution in [2.45, 2.75) is 6.61 Å². The minimum Gasteiger partial charge on any atom is -0.489 e. The normalized spacial score (nSPS) is 9.50. The van der Waals surface area contributed by atoms with E-state index in [0.717, 1.165) is 5.56 Å². The van der Waals surface area contributed by atoms with E-state index in [-0.39, 0.29) is 0 Å². The van der Waals surface area contributed by atoms with Crippen LogP contribution in [0.2, 0.25) is 0 Å². The van der Waals surface area contributed by atoms with E-state index >= 15 is 0 Å². The van der Waals surface area contributed by atoms with Crippen molar-refractivity contribution >= 4 is 17.7 Å². The number of rotatable bonds is 5. The SMILES string of the molecule is C#CNC(=O)Nc1cccc(COc2ccc(C(=O)OC)cc2)c1. The lowest BCUT2D eigenvalue weighted by molar-refractivity contribution is 0.0600. The maximum absolute atomic E-state index is 11.4. The van der Waals surface area contributed by atoms with Gasteiger partial charge in [-0.05, 0) is 42.0 Å². The van der Waals surface area contributed by atoms with Crippen molar-refractivity contribution in [2.75, 3.05) is 12.4 Å². The minimum absolute atomic E-state index is 0.309. The first-order valence-corrected chi connectivity index (χ1v) is 7.05. The molecule has 0 aliphatic heterocycles. The van der Waals surface area contributed by atoms with Crippen molar-refractivity contribution in [2.24, 2.45) is 0 Å². The summed E-state index contributed by atoms with van der Waals surface area (Å²) in [6.45, 7) is 0.309. The molecule has 122 valence electrons. The Morgan fingerprint density at radius 3 is 2.58 bits per heavy atom. The van der Waals surface area contributed by atoms with Crippen LogP contribution in [0.25, 0.3) is 0 Å². The lowest BCUT2D eigenvalue weighted by atomic mass is 10.2. The van der Waals surface area contributed by atoms with Gasteiger partial charge in [-0.15, -0.1) is 0 Å². The number of esters is 1. The quantitative estimate of drug-likeness (QED) is 0.504. The van der Waals surface area contributed by atoms with Crippen LogP contribution in [0.1, 0.15) is 15.9 Å². The highest BCUT2D eigenvalue weighted by Crippen LogP contribution is 2.16. The molecule has 0 aliphatic carbocycles. The fourth-order valence-corrected chi connectivity index (χ4v) is 1.94. The summed E-state index contributed by atoms with van der Waals surface area (Å²) >= 11 is 0. The molecule has 2 N–H and O–H groups in total. The average molecular weight is 324 g/mol. The van der Waals surface area contributed by atoms with E-state index in [9.17, 15) is 9.59 Å². The highest BCUT2D eigenvalue weighted by Gasteiger charge is 2.05. The summed E-state index contributed by atoms with van der Waals surface area (Å²) in [7, 11) is 1.33. The van der Waals surface area contributed by atoms with Crippen molar-refractivity contribution in [1.82, 2.24) is 5.32 Å². The number of hydrogen-bond acceptors (Lipinski definition) is 4. The molecular weight excluding hydrogens is 308 g/mol. The topological polar surface area (TPSA) is 76.7 Å². The van der Waals surface area contributed by atoms with Gasteiger partial charge in [0.2, 0.25) is 0 Å². The zero-order valence-corrected chi connectivity index (χ0v) is 13.0. The Balaban J connectivity index is 1.95. The van der Waals surface area contributed by atoms with Crippen molar-refractivity contribution in [3.63, 3.8) is 0 Å². The van der Waals surface area contributed by atoms with Crippen LogP contribution in [0, 0.1) is 12.5 Å². The first-order chi connectivity index (χ1) is 11.6.